The molecule has 0 aliphatic heterocycles. The number of esters is 4. The van der Waals surface area contributed by atoms with Gasteiger partial charge in [0.05, 0.1) is 26.4 Å². The summed E-state index contributed by atoms with van der Waals surface area (Å²) in [5.74, 6) is 0.230. The van der Waals surface area contributed by atoms with Crippen LogP contribution in [0.25, 0.3) is 0 Å². The van der Waals surface area contributed by atoms with Crippen molar-refractivity contribution in [2.24, 2.45) is 17.8 Å². The second-order valence-electron chi connectivity index (χ2n) is 29.2. The standard InChI is InChI=1S/C77H150O17P2/c1-8-9-10-11-12-27-37-44-51-58-74(79)87-64-72(94-77(82)61-54-47-40-33-26-25-30-36-43-50-57-70(6)7)66-91-95(83,84)89-62-71(78)63-90-96(85,86)92-67-73(93-76(81)60-53-46-39-32-24-20-16-14-18-22-29-35-42-49-56-69(4)5)65-88-75(80)59-52-45-38-31-23-19-15-13-17-21-28-34-41-48-55-68(2)3/h68-73,78H,8-67H2,1-7H3,(H,83,84)(H,85,86)/t71-,72+,73+/m0/s1. The average molecular weight is 1410 g/mol. The minimum Gasteiger partial charge on any atom is -0.462 e. The van der Waals surface area contributed by atoms with Gasteiger partial charge in [0.1, 0.15) is 19.3 Å². The molecule has 0 aliphatic rings. The van der Waals surface area contributed by atoms with E-state index >= 15 is 0 Å². The molecular formula is C77H150O17P2. The summed E-state index contributed by atoms with van der Waals surface area (Å²) >= 11 is 0. The third-order valence-electron chi connectivity index (χ3n) is 17.9. The van der Waals surface area contributed by atoms with Crippen molar-refractivity contribution < 1.29 is 80.2 Å². The summed E-state index contributed by atoms with van der Waals surface area (Å²) in [6.45, 7) is 11.9. The Morgan fingerprint density at radius 1 is 0.281 bits per heavy atom. The first kappa shape index (κ1) is 94.1. The molecule has 2 unspecified atom stereocenters. The number of carbonyl (C=O) groups excluding carboxylic acids is 4. The fourth-order valence-corrected chi connectivity index (χ4v) is 13.4. The molecule has 5 atom stereocenters. The fraction of sp³-hybridized carbons (Fsp3) is 0.948. The van der Waals surface area contributed by atoms with Gasteiger partial charge in [-0.3, -0.25) is 37.3 Å². The molecule has 17 nitrogen and oxygen atoms in total. The Morgan fingerprint density at radius 2 is 0.479 bits per heavy atom. The zero-order chi connectivity index (χ0) is 70.9. The van der Waals surface area contributed by atoms with Crippen LogP contribution < -0.4 is 0 Å². The first-order valence-corrected chi connectivity index (χ1v) is 42.8. The Hall–Kier alpha value is -1.94. The summed E-state index contributed by atoms with van der Waals surface area (Å²) in [7, 11) is -9.91. The van der Waals surface area contributed by atoms with Crippen molar-refractivity contribution >= 4 is 39.5 Å². The van der Waals surface area contributed by atoms with Crippen molar-refractivity contribution in [3.05, 3.63) is 0 Å². The van der Waals surface area contributed by atoms with E-state index in [0.29, 0.717) is 25.7 Å². The number of ether oxygens (including phenoxy) is 4. The topological polar surface area (TPSA) is 237 Å². The van der Waals surface area contributed by atoms with E-state index in [1.54, 1.807) is 0 Å². The molecule has 0 aromatic carbocycles. The normalized spacial score (nSPS) is 14.1. The van der Waals surface area contributed by atoms with E-state index in [4.69, 9.17) is 37.0 Å². The number of hydrogen-bond acceptors (Lipinski definition) is 15. The average Bonchev–Trinajstić information content (AvgIpc) is 1.43. The molecule has 0 amide bonds. The van der Waals surface area contributed by atoms with Crippen LogP contribution >= 0.6 is 15.6 Å². The second kappa shape index (κ2) is 67.5. The molecule has 0 saturated heterocycles. The zero-order valence-electron chi connectivity index (χ0n) is 62.8. The zero-order valence-corrected chi connectivity index (χ0v) is 64.6. The Morgan fingerprint density at radius 3 is 0.708 bits per heavy atom. The summed E-state index contributed by atoms with van der Waals surface area (Å²) in [4.78, 5) is 72.8. The van der Waals surface area contributed by atoms with Crippen LogP contribution in [0.5, 0.6) is 0 Å². The lowest BCUT2D eigenvalue weighted by molar-refractivity contribution is -0.161. The molecule has 19 heteroatoms. The maximum Gasteiger partial charge on any atom is 0.472 e. The summed E-state index contributed by atoms with van der Waals surface area (Å²) in [6.07, 6.45) is 54.1. The summed E-state index contributed by atoms with van der Waals surface area (Å²) in [5.41, 5.74) is 0. The van der Waals surface area contributed by atoms with Gasteiger partial charge in [-0.05, 0) is 43.4 Å². The minimum atomic E-state index is -4.96. The van der Waals surface area contributed by atoms with Crippen LogP contribution in [0.4, 0.5) is 0 Å². The fourth-order valence-electron chi connectivity index (χ4n) is 11.8. The molecule has 0 heterocycles. The number of hydrogen-bond donors (Lipinski definition) is 3. The van der Waals surface area contributed by atoms with Gasteiger partial charge in [0.2, 0.25) is 0 Å². The Balaban J connectivity index is 5.23. The van der Waals surface area contributed by atoms with Crippen LogP contribution in [0.1, 0.15) is 395 Å². The molecule has 3 N–H and O–H groups in total. The molecule has 0 spiro atoms. The van der Waals surface area contributed by atoms with E-state index in [9.17, 15) is 43.2 Å². The smallest absolute Gasteiger partial charge is 0.462 e. The van der Waals surface area contributed by atoms with E-state index in [2.05, 4.69) is 48.5 Å². The SMILES string of the molecule is CCCCCCCCCCCC(=O)OC[C@H](COP(=O)(O)OC[C@H](O)COP(=O)(O)OC[C@@H](COC(=O)CCCCCCCCCCCCCCCCC(C)C)OC(=O)CCCCCCCCCCCCCCCCC(C)C)OC(=O)CCCCCCCCCCCCC(C)C. The van der Waals surface area contributed by atoms with Gasteiger partial charge in [-0.15, -0.1) is 0 Å². The summed E-state index contributed by atoms with van der Waals surface area (Å²) < 4.78 is 68.5. The predicted molar refractivity (Wildman–Crippen MR) is 391 cm³/mol. The predicted octanol–water partition coefficient (Wildman–Crippen LogP) is 22.6. The van der Waals surface area contributed by atoms with Crippen molar-refractivity contribution in [3.8, 4) is 0 Å². The highest BCUT2D eigenvalue weighted by Crippen LogP contribution is 2.45. The highest BCUT2D eigenvalue weighted by molar-refractivity contribution is 7.47. The molecule has 0 aromatic rings. The Labute approximate surface area is 588 Å². The van der Waals surface area contributed by atoms with Gasteiger partial charge in [0.15, 0.2) is 12.2 Å². The van der Waals surface area contributed by atoms with Crippen molar-refractivity contribution in [1.82, 2.24) is 0 Å². The third kappa shape index (κ3) is 70.5. The van der Waals surface area contributed by atoms with Crippen molar-refractivity contribution in [3.63, 3.8) is 0 Å². The Kier molecular flexibility index (Phi) is 66.2. The van der Waals surface area contributed by atoms with Crippen LogP contribution in [-0.2, 0) is 65.4 Å². The van der Waals surface area contributed by atoms with Gasteiger partial charge >= 0.3 is 39.5 Å². The maximum atomic E-state index is 13.1. The highest BCUT2D eigenvalue weighted by atomic mass is 31.2. The number of rotatable bonds is 75. The lowest BCUT2D eigenvalue weighted by Gasteiger charge is -2.21. The Bertz CT molecular complexity index is 1870. The van der Waals surface area contributed by atoms with Gasteiger partial charge in [0, 0.05) is 25.7 Å². The van der Waals surface area contributed by atoms with Crippen molar-refractivity contribution in [1.29, 1.82) is 0 Å². The summed E-state index contributed by atoms with van der Waals surface area (Å²) in [5, 5.41) is 10.6. The number of phosphoric ester groups is 2. The van der Waals surface area contributed by atoms with Gasteiger partial charge < -0.3 is 33.8 Å². The molecule has 0 radical (unpaired) electrons. The van der Waals surface area contributed by atoms with Gasteiger partial charge in [-0.25, -0.2) is 9.13 Å². The van der Waals surface area contributed by atoms with E-state index in [0.717, 1.165) is 108 Å². The number of unbranched alkanes of at least 4 members (excludes halogenated alkanes) is 43. The van der Waals surface area contributed by atoms with E-state index < -0.39 is 97.5 Å². The number of carbonyl (C=O) groups is 4. The van der Waals surface area contributed by atoms with Crippen LogP contribution in [0.2, 0.25) is 0 Å². The largest absolute Gasteiger partial charge is 0.472 e. The first-order valence-electron chi connectivity index (χ1n) is 39.8. The maximum absolute atomic E-state index is 13.1. The van der Waals surface area contributed by atoms with Crippen LogP contribution in [0.3, 0.4) is 0 Å². The lowest BCUT2D eigenvalue weighted by Crippen LogP contribution is -2.30. The van der Waals surface area contributed by atoms with Gasteiger partial charge in [0.25, 0.3) is 0 Å². The molecule has 0 saturated carbocycles. The number of phosphoric acid groups is 2. The van der Waals surface area contributed by atoms with E-state index in [1.165, 1.54) is 205 Å². The molecule has 0 aliphatic carbocycles. The third-order valence-corrected chi connectivity index (χ3v) is 19.8. The lowest BCUT2D eigenvalue weighted by atomic mass is 10.0. The second-order valence-corrected chi connectivity index (χ2v) is 32.1. The summed E-state index contributed by atoms with van der Waals surface area (Å²) in [6, 6.07) is 0. The quantitative estimate of drug-likeness (QED) is 0.0222. The van der Waals surface area contributed by atoms with Crippen molar-refractivity contribution in [2.75, 3.05) is 39.6 Å². The highest BCUT2D eigenvalue weighted by Gasteiger charge is 2.30. The molecule has 570 valence electrons. The van der Waals surface area contributed by atoms with Gasteiger partial charge in [-0.2, -0.15) is 0 Å². The first-order chi connectivity index (χ1) is 46.2. The van der Waals surface area contributed by atoms with Gasteiger partial charge in [-0.1, -0.05) is 344 Å². The molecule has 0 fully saturated rings. The molecule has 0 aromatic heterocycles. The molecule has 96 heavy (non-hydrogen) atoms. The van der Waals surface area contributed by atoms with E-state index in [1.807, 2.05) is 0 Å². The molecule has 0 rings (SSSR count). The van der Waals surface area contributed by atoms with Crippen LogP contribution in [0, 0.1) is 17.8 Å². The van der Waals surface area contributed by atoms with Crippen LogP contribution in [0.15, 0.2) is 0 Å². The van der Waals surface area contributed by atoms with Crippen LogP contribution in [-0.4, -0.2) is 96.7 Å². The van der Waals surface area contributed by atoms with E-state index in [-0.39, 0.29) is 25.7 Å². The van der Waals surface area contributed by atoms with Crippen molar-refractivity contribution in [2.45, 2.75) is 414 Å². The molecule has 0 bridgehead atoms. The number of aliphatic hydroxyl groups excluding tert-OH is 1. The number of aliphatic hydroxyl groups is 1. The molecular weight excluding hydrogens is 1260 g/mol. The monoisotopic (exact) mass is 1410 g/mol. The minimum absolute atomic E-state index is 0.106.